The van der Waals surface area contributed by atoms with Crippen molar-refractivity contribution in [3.63, 3.8) is 0 Å². The molecule has 3 fully saturated rings. The second-order valence-electron chi connectivity index (χ2n) is 13.1. The molecule has 5 heterocycles. The van der Waals surface area contributed by atoms with Gasteiger partial charge in [-0.2, -0.15) is 0 Å². The quantitative estimate of drug-likeness (QED) is 0.448. The topological polar surface area (TPSA) is 103 Å². The lowest BCUT2D eigenvalue weighted by Crippen LogP contribution is -2.57. The highest BCUT2D eigenvalue weighted by Crippen LogP contribution is 2.58. The van der Waals surface area contributed by atoms with Crippen LogP contribution in [0.5, 0.6) is 0 Å². The molecule has 1 spiro atoms. The van der Waals surface area contributed by atoms with Crippen molar-refractivity contribution in [2.45, 2.75) is 36.8 Å². The molecule has 5 aliphatic heterocycles. The third kappa shape index (κ3) is 5.17. The molecule has 0 bridgehead atoms. The molecule has 3 amide bonds. The Labute approximate surface area is 269 Å². The van der Waals surface area contributed by atoms with Crippen molar-refractivity contribution < 1.29 is 29.0 Å². The van der Waals surface area contributed by atoms with Gasteiger partial charge < -0.3 is 29.3 Å². The van der Waals surface area contributed by atoms with E-state index >= 15 is 0 Å². The molecular formula is C36H42N4O6. The average Bonchev–Trinajstić information content (AvgIpc) is 3.35. The highest BCUT2D eigenvalue weighted by molar-refractivity contribution is 6.00. The minimum absolute atomic E-state index is 0.179. The molecule has 2 aromatic carbocycles. The Bertz CT molecular complexity index is 1510. The van der Waals surface area contributed by atoms with E-state index in [0.717, 1.165) is 24.2 Å². The van der Waals surface area contributed by atoms with Crippen LogP contribution in [-0.4, -0.2) is 119 Å². The number of hydrogen-bond acceptors (Lipinski definition) is 7. The monoisotopic (exact) mass is 626 g/mol. The number of rotatable bonds is 8. The number of hydrogen-bond donors (Lipinski definition) is 1. The van der Waals surface area contributed by atoms with Gasteiger partial charge >= 0.3 is 0 Å². The summed E-state index contributed by atoms with van der Waals surface area (Å²) in [5.41, 5.74) is -0.792. The lowest BCUT2D eigenvalue weighted by atomic mass is 9.74. The van der Waals surface area contributed by atoms with Crippen molar-refractivity contribution in [1.82, 2.24) is 19.6 Å². The van der Waals surface area contributed by atoms with E-state index in [1.807, 2.05) is 91.9 Å². The number of aliphatic hydroxyl groups is 1. The van der Waals surface area contributed by atoms with Crippen molar-refractivity contribution in [2.75, 3.05) is 59.1 Å². The van der Waals surface area contributed by atoms with Gasteiger partial charge in [0.2, 0.25) is 17.7 Å². The van der Waals surface area contributed by atoms with E-state index in [4.69, 9.17) is 9.47 Å². The first-order valence-corrected chi connectivity index (χ1v) is 16.3. The molecule has 2 aromatic rings. The van der Waals surface area contributed by atoms with Crippen LogP contribution in [0.15, 0.2) is 85.0 Å². The number of amides is 3. The van der Waals surface area contributed by atoms with Gasteiger partial charge in [0.05, 0.1) is 43.3 Å². The number of fused-ring (bicyclic) bond motifs is 2. The minimum atomic E-state index is -1.39. The number of morpholine rings is 1. The van der Waals surface area contributed by atoms with Gasteiger partial charge in [0.25, 0.3) is 0 Å². The molecule has 242 valence electrons. The molecule has 0 radical (unpaired) electrons. The number of nitrogens with zero attached hydrogens (tertiary/aromatic N) is 4. The highest BCUT2D eigenvalue weighted by Gasteiger charge is 2.75. The molecule has 3 saturated heterocycles. The van der Waals surface area contributed by atoms with Crippen molar-refractivity contribution in [3.05, 3.63) is 96.1 Å². The van der Waals surface area contributed by atoms with Crippen LogP contribution in [0.3, 0.4) is 0 Å². The summed E-state index contributed by atoms with van der Waals surface area (Å²) in [6.45, 7) is 6.70. The van der Waals surface area contributed by atoms with Gasteiger partial charge in [0.15, 0.2) is 0 Å². The summed E-state index contributed by atoms with van der Waals surface area (Å²) < 4.78 is 12.5. The zero-order valence-electron chi connectivity index (χ0n) is 26.2. The molecule has 0 aliphatic carbocycles. The van der Waals surface area contributed by atoms with Crippen molar-refractivity contribution in [1.29, 1.82) is 0 Å². The average molecular weight is 627 g/mol. The Kier molecular flexibility index (Phi) is 8.31. The van der Waals surface area contributed by atoms with E-state index < -0.39 is 35.1 Å². The Balaban J connectivity index is 1.29. The van der Waals surface area contributed by atoms with Crippen LogP contribution >= 0.6 is 0 Å². The third-order valence-electron chi connectivity index (χ3n) is 10.4. The van der Waals surface area contributed by atoms with Gasteiger partial charge in [0.1, 0.15) is 11.6 Å². The Morgan fingerprint density at radius 2 is 1.50 bits per heavy atom. The predicted octanol–water partition coefficient (Wildman–Crippen LogP) is 2.02. The SMILES string of the molecule is C[C@]12C=CCN(Cc3ccccc3)C(=O)[C@H]1[C@H]1C(=O)N([C@H](CO)c3ccccc3)C3C(=O)N(CCN4CCOCC4)CC=C[C@@]31O2. The normalized spacial score (nSPS) is 31.8. The first kappa shape index (κ1) is 30.8. The highest BCUT2D eigenvalue weighted by atomic mass is 16.5. The second-order valence-corrected chi connectivity index (χ2v) is 13.1. The smallest absolute Gasteiger partial charge is 0.249 e. The molecule has 0 saturated carbocycles. The number of carbonyl (C=O) groups excluding carboxylic acids is 3. The molecule has 10 heteroatoms. The van der Waals surface area contributed by atoms with Gasteiger partial charge in [-0.25, -0.2) is 0 Å². The van der Waals surface area contributed by atoms with Crippen LogP contribution < -0.4 is 0 Å². The summed E-state index contributed by atoms with van der Waals surface area (Å²) in [5.74, 6) is -2.57. The van der Waals surface area contributed by atoms with E-state index in [1.165, 1.54) is 4.90 Å². The van der Waals surface area contributed by atoms with Crippen LogP contribution in [0.1, 0.15) is 24.1 Å². The van der Waals surface area contributed by atoms with Crippen LogP contribution in [0.2, 0.25) is 0 Å². The Morgan fingerprint density at radius 1 is 0.826 bits per heavy atom. The summed E-state index contributed by atoms with van der Waals surface area (Å²) in [6.07, 6.45) is 7.63. The fraction of sp³-hybridized carbons (Fsp3) is 0.472. The summed E-state index contributed by atoms with van der Waals surface area (Å²) in [5, 5.41) is 10.8. The molecule has 0 aromatic heterocycles. The lowest BCUT2D eigenvalue weighted by Gasteiger charge is -2.40. The predicted molar refractivity (Wildman–Crippen MR) is 170 cm³/mol. The zero-order valence-corrected chi connectivity index (χ0v) is 26.2. The standard InChI is InChI=1S/C36H42N4O6/c1-35-14-8-17-39(24-26-10-4-2-5-11-26)32(42)29(35)30-33(43)40(28(25-41)27-12-6-3-7-13-27)31-34(44)38(16-9-15-36(30,31)46-35)19-18-37-20-22-45-23-21-37/h2-15,28-31,41H,16-25H2,1H3/t28-,29-,30+,31?,35+,36+/m1/s1. The van der Waals surface area contributed by atoms with E-state index in [1.54, 1.807) is 9.80 Å². The maximum atomic E-state index is 14.9. The number of ether oxygens (including phenoxy) is 2. The molecule has 6 atom stereocenters. The van der Waals surface area contributed by atoms with Crippen molar-refractivity contribution in [2.24, 2.45) is 11.8 Å². The summed E-state index contributed by atoms with van der Waals surface area (Å²) in [4.78, 5) is 51.6. The number of benzene rings is 2. The van der Waals surface area contributed by atoms with Crippen LogP contribution in [0, 0.1) is 11.8 Å². The van der Waals surface area contributed by atoms with Gasteiger partial charge in [-0.3, -0.25) is 19.3 Å². The number of likely N-dealkylation sites (tertiary alicyclic amines) is 1. The van der Waals surface area contributed by atoms with Gasteiger partial charge in [-0.05, 0) is 18.1 Å². The van der Waals surface area contributed by atoms with E-state index in [0.29, 0.717) is 45.9 Å². The summed E-state index contributed by atoms with van der Waals surface area (Å²) in [6, 6.07) is 17.2. The van der Waals surface area contributed by atoms with Crippen molar-refractivity contribution >= 4 is 17.7 Å². The number of carbonyl (C=O) groups is 3. The third-order valence-corrected chi connectivity index (χ3v) is 10.4. The molecule has 5 aliphatic rings. The fourth-order valence-electron chi connectivity index (χ4n) is 8.16. The second kappa shape index (κ2) is 12.4. The van der Waals surface area contributed by atoms with Crippen molar-refractivity contribution in [3.8, 4) is 0 Å². The van der Waals surface area contributed by atoms with Crippen LogP contribution in [-0.2, 0) is 30.4 Å². The molecule has 46 heavy (non-hydrogen) atoms. The first-order valence-electron chi connectivity index (χ1n) is 16.3. The van der Waals surface area contributed by atoms with Gasteiger partial charge in [-0.1, -0.05) is 85.0 Å². The van der Waals surface area contributed by atoms with Crippen LogP contribution in [0.25, 0.3) is 0 Å². The fourth-order valence-corrected chi connectivity index (χ4v) is 8.16. The summed E-state index contributed by atoms with van der Waals surface area (Å²) >= 11 is 0. The molecule has 1 N–H and O–H groups in total. The van der Waals surface area contributed by atoms with Crippen LogP contribution in [0.4, 0.5) is 0 Å². The molecular weight excluding hydrogens is 584 g/mol. The largest absolute Gasteiger partial charge is 0.394 e. The maximum absolute atomic E-state index is 14.9. The molecule has 7 rings (SSSR count). The lowest BCUT2D eigenvalue weighted by molar-refractivity contribution is -0.156. The first-order chi connectivity index (χ1) is 22.4. The maximum Gasteiger partial charge on any atom is 0.249 e. The Morgan fingerprint density at radius 3 is 2.22 bits per heavy atom. The van der Waals surface area contributed by atoms with Gasteiger partial charge in [-0.15, -0.1) is 0 Å². The van der Waals surface area contributed by atoms with Gasteiger partial charge in [0, 0.05) is 45.8 Å². The van der Waals surface area contributed by atoms with E-state index in [9.17, 15) is 19.5 Å². The Hall–Kier alpha value is -3.83. The zero-order chi connectivity index (χ0) is 31.9. The molecule has 10 nitrogen and oxygen atoms in total. The minimum Gasteiger partial charge on any atom is -0.394 e. The van der Waals surface area contributed by atoms with E-state index in [-0.39, 0.29) is 24.3 Å². The molecule has 1 unspecified atom stereocenters. The van der Waals surface area contributed by atoms with E-state index in [2.05, 4.69) is 4.90 Å². The number of aliphatic hydroxyl groups excluding tert-OH is 1. The summed E-state index contributed by atoms with van der Waals surface area (Å²) in [7, 11) is 0.